The van der Waals surface area contributed by atoms with Crippen LogP contribution in [0.25, 0.3) is 0 Å². The lowest BCUT2D eigenvalue weighted by molar-refractivity contribution is -0.137. The van der Waals surface area contributed by atoms with Crippen molar-refractivity contribution in [2.24, 2.45) is 0 Å². The average Bonchev–Trinajstić information content (AvgIpc) is 3.18. The number of aliphatic carboxylic acids is 1. The lowest BCUT2D eigenvalue weighted by atomic mass is 9.99. The number of unbranched alkanes of at least 4 members (excludes halogenated alkanes) is 3. The van der Waals surface area contributed by atoms with Gasteiger partial charge in [0.1, 0.15) is 0 Å². The van der Waals surface area contributed by atoms with Crippen molar-refractivity contribution in [3.63, 3.8) is 0 Å². The van der Waals surface area contributed by atoms with Crippen LogP contribution in [0.15, 0.2) is 66.7 Å². The summed E-state index contributed by atoms with van der Waals surface area (Å²) in [4.78, 5) is 37.4. The summed E-state index contributed by atoms with van der Waals surface area (Å²) in [6.07, 6.45) is 7.31. The molecule has 1 saturated heterocycles. The Morgan fingerprint density at radius 3 is 2.48 bits per heavy atom. The van der Waals surface area contributed by atoms with Crippen LogP contribution in [0.2, 0.25) is 0 Å². The van der Waals surface area contributed by atoms with Gasteiger partial charge in [0.05, 0.1) is 12.1 Å². The van der Waals surface area contributed by atoms with Crippen LogP contribution in [0.4, 0.5) is 0 Å². The molecule has 6 heteroatoms. The molecule has 33 heavy (non-hydrogen) atoms. The molecule has 0 radical (unpaired) electrons. The fourth-order valence-corrected chi connectivity index (χ4v) is 4.12. The molecular weight excluding hydrogens is 418 g/mol. The molecule has 3 rings (SSSR count). The monoisotopic (exact) mass is 449 g/mol. The molecule has 2 aromatic carbocycles. The molecule has 2 unspecified atom stereocenters. The number of aliphatic hydroxyl groups excluding tert-OH is 1. The van der Waals surface area contributed by atoms with Gasteiger partial charge >= 0.3 is 5.97 Å². The standard InChI is InChI=1S/C27H31NO5/c29-24(21-11-8-12-22(19-21)27(33)20-9-4-3-5-10-20)16-14-23-15-17-25(30)28(23)18-7-2-1-6-13-26(31)32/h3-5,8-12,14,16,19,23-24,29H,1-2,6-7,13,15,17-18H2,(H,31,32). The maximum Gasteiger partial charge on any atom is 0.303 e. The number of amides is 1. The molecule has 0 saturated carbocycles. The molecule has 0 aromatic heterocycles. The van der Waals surface area contributed by atoms with Crippen molar-refractivity contribution in [2.75, 3.05) is 6.54 Å². The quantitative estimate of drug-likeness (QED) is 0.282. The van der Waals surface area contributed by atoms with Crippen molar-refractivity contribution >= 4 is 17.7 Å². The van der Waals surface area contributed by atoms with Crippen molar-refractivity contribution < 1.29 is 24.6 Å². The summed E-state index contributed by atoms with van der Waals surface area (Å²) in [5, 5.41) is 19.4. The SMILES string of the molecule is O=C(O)CCCCCCN1C(=O)CCC1C=CC(O)c1cccc(C(=O)c2ccccc2)c1. The highest BCUT2D eigenvalue weighted by molar-refractivity contribution is 6.09. The van der Waals surface area contributed by atoms with Crippen LogP contribution in [-0.4, -0.2) is 45.4 Å². The molecule has 174 valence electrons. The van der Waals surface area contributed by atoms with Crippen LogP contribution in [0.1, 0.15) is 72.5 Å². The zero-order valence-electron chi connectivity index (χ0n) is 18.7. The molecule has 6 nitrogen and oxygen atoms in total. The van der Waals surface area contributed by atoms with Crippen LogP contribution in [-0.2, 0) is 9.59 Å². The largest absolute Gasteiger partial charge is 0.481 e. The maximum atomic E-state index is 12.7. The van der Waals surface area contributed by atoms with Gasteiger partial charge < -0.3 is 15.1 Å². The number of carboxylic acid groups (broad SMARTS) is 1. The van der Waals surface area contributed by atoms with Gasteiger partial charge in [0.15, 0.2) is 5.78 Å². The molecule has 2 N–H and O–H groups in total. The Kier molecular flexibility index (Phi) is 8.95. The van der Waals surface area contributed by atoms with Crippen molar-refractivity contribution in [1.29, 1.82) is 0 Å². The fourth-order valence-electron chi connectivity index (χ4n) is 4.12. The minimum Gasteiger partial charge on any atom is -0.481 e. The first-order valence-electron chi connectivity index (χ1n) is 11.5. The van der Waals surface area contributed by atoms with Crippen molar-refractivity contribution in [2.45, 2.75) is 57.1 Å². The molecule has 1 heterocycles. The molecule has 1 fully saturated rings. The number of carbonyl (C=O) groups excluding carboxylic acids is 2. The highest BCUT2D eigenvalue weighted by Crippen LogP contribution is 2.23. The fraction of sp³-hybridized carbons (Fsp3) is 0.370. The van der Waals surface area contributed by atoms with Gasteiger partial charge in [-0.25, -0.2) is 0 Å². The van der Waals surface area contributed by atoms with E-state index in [-0.39, 0.29) is 24.2 Å². The van der Waals surface area contributed by atoms with E-state index >= 15 is 0 Å². The number of hydrogen-bond acceptors (Lipinski definition) is 4. The van der Waals surface area contributed by atoms with Crippen molar-refractivity contribution in [3.8, 4) is 0 Å². The zero-order chi connectivity index (χ0) is 23.6. The summed E-state index contributed by atoms with van der Waals surface area (Å²) in [6.45, 7) is 0.637. The topological polar surface area (TPSA) is 94.9 Å². The van der Waals surface area contributed by atoms with E-state index in [0.717, 1.165) is 19.3 Å². The number of hydrogen-bond donors (Lipinski definition) is 2. The summed E-state index contributed by atoms with van der Waals surface area (Å²) in [7, 11) is 0. The number of carbonyl (C=O) groups is 3. The van der Waals surface area contributed by atoms with Crippen molar-refractivity contribution in [3.05, 3.63) is 83.4 Å². The van der Waals surface area contributed by atoms with Crippen LogP contribution >= 0.6 is 0 Å². The Labute approximate surface area is 194 Å². The molecule has 1 aliphatic rings. The van der Waals surface area contributed by atoms with Crippen LogP contribution in [0, 0.1) is 0 Å². The molecule has 0 spiro atoms. The predicted molar refractivity (Wildman–Crippen MR) is 126 cm³/mol. The summed E-state index contributed by atoms with van der Waals surface area (Å²) in [6, 6.07) is 16.0. The molecule has 0 bridgehead atoms. The summed E-state index contributed by atoms with van der Waals surface area (Å²) >= 11 is 0. The first-order valence-corrected chi connectivity index (χ1v) is 11.5. The van der Waals surface area contributed by atoms with E-state index in [4.69, 9.17) is 5.11 Å². The Bertz CT molecular complexity index is 985. The number of ketones is 1. The van der Waals surface area contributed by atoms with Gasteiger partial charge in [0, 0.05) is 30.5 Å². The van der Waals surface area contributed by atoms with E-state index in [1.165, 1.54) is 0 Å². The number of rotatable bonds is 12. The Balaban J connectivity index is 1.56. The summed E-state index contributed by atoms with van der Waals surface area (Å²) < 4.78 is 0. The molecular formula is C27H31NO5. The summed E-state index contributed by atoms with van der Waals surface area (Å²) in [5.41, 5.74) is 1.75. The minimum atomic E-state index is -0.873. The lowest BCUT2D eigenvalue weighted by Crippen LogP contribution is -2.32. The van der Waals surface area contributed by atoms with Gasteiger partial charge in [-0.05, 0) is 30.9 Å². The van der Waals surface area contributed by atoms with E-state index in [0.29, 0.717) is 42.5 Å². The Hall–Kier alpha value is -3.25. The van der Waals surface area contributed by atoms with Crippen LogP contribution < -0.4 is 0 Å². The van der Waals surface area contributed by atoms with Gasteiger partial charge in [0.2, 0.25) is 5.91 Å². The van der Waals surface area contributed by atoms with E-state index in [9.17, 15) is 19.5 Å². The third-order valence-corrected chi connectivity index (χ3v) is 5.96. The maximum absolute atomic E-state index is 12.7. The third-order valence-electron chi connectivity index (χ3n) is 5.96. The van der Waals surface area contributed by atoms with Gasteiger partial charge in [-0.1, -0.05) is 73.5 Å². The Morgan fingerprint density at radius 1 is 1.00 bits per heavy atom. The highest BCUT2D eigenvalue weighted by Gasteiger charge is 2.28. The van der Waals surface area contributed by atoms with Gasteiger partial charge in [0.25, 0.3) is 0 Å². The normalized spacial score (nSPS) is 16.9. The minimum absolute atomic E-state index is 0.0553. The van der Waals surface area contributed by atoms with Crippen molar-refractivity contribution in [1.82, 2.24) is 4.90 Å². The number of likely N-dealkylation sites (tertiary alicyclic amines) is 1. The van der Waals surface area contributed by atoms with Gasteiger partial charge in [-0.2, -0.15) is 0 Å². The third kappa shape index (κ3) is 7.12. The average molecular weight is 450 g/mol. The summed E-state index contributed by atoms with van der Waals surface area (Å²) in [5.74, 6) is -0.756. The number of carboxylic acids is 1. The second-order valence-corrected chi connectivity index (χ2v) is 8.40. The second-order valence-electron chi connectivity index (χ2n) is 8.40. The lowest BCUT2D eigenvalue weighted by Gasteiger charge is -2.22. The van der Waals surface area contributed by atoms with Crippen LogP contribution in [0.3, 0.4) is 0 Å². The number of aliphatic hydroxyl groups is 1. The van der Waals surface area contributed by atoms with E-state index < -0.39 is 12.1 Å². The molecule has 1 amide bonds. The van der Waals surface area contributed by atoms with E-state index in [1.807, 2.05) is 29.2 Å². The van der Waals surface area contributed by atoms with Gasteiger partial charge in [-0.3, -0.25) is 14.4 Å². The highest BCUT2D eigenvalue weighted by atomic mass is 16.4. The van der Waals surface area contributed by atoms with Crippen LogP contribution in [0.5, 0.6) is 0 Å². The smallest absolute Gasteiger partial charge is 0.303 e. The predicted octanol–water partition coefficient (Wildman–Crippen LogP) is 4.53. The molecule has 1 aliphatic heterocycles. The second kappa shape index (κ2) is 12.1. The van der Waals surface area contributed by atoms with E-state index in [1.54, 1.807) is 42.5 Å². The first-order chi connectivity index (χ1) is 16.0. The van der Waals surface area contributed by atoms with E-state index in [2.05, 4.69) is 0 Å². The number of nitrogens with zero attached hydrogens (tertiary/aromatic N) is 1. The Morgan fingerprint density at radius 2 is 1.73 bits per heavy atom. The molecule has 2 atom stereocenters. The molecule has 0 aliphatic carbocycles. The molecule has 2 aromatic rings. The van der Waals surface area contributed by atoms with Gasteiger partial charge in [-0.15, -0.1) is 0 Å². The first kappa shape index (κ1) is 24.4. The number of benzene rings is 2. The zero-order valence-corrected chi connectivity index (χ0v) is 18.7.